The van der Waals surface area contributed by atoms with E-state index >= 15 is 0 Å². The first-order valence-corrected chi connectivity index (χ1v) is 9.73. The molecule has 0 saturated carbocycles. The average Bonchev–Trinajstić information content (AvgIpc) is 3.15. The minimum absolute atomic E-state index is 0.0471. The third-order valence-electron chi connectivity index (χ3n) is 5.13. The van der Waals surface area contributed by atoms with Crippen molar-refractivity contribution in [1.29, 1.82) is 0 Å². The number of carbonyl (C=O) groups is 1. The summed E-state index contributed by atoms with van der Waals surface area (Å²) in [6, 6.07) is 12.7. The maximum atomic E-state index is 13.7. The van der Waals surface area contributed by atoms with E-state index in [2.05, 4.69) is 21.8 Å². The second-order valence-corrected chi connectivity index (χ2v) is 6.91. The third kappa shape index (κ3) is 5.43. The van der Waals surface area contributed by atoms with Crippen LogP contribution in [-0.4, -0.2) is 49.4 Å². The molecule has 1 N–H and O–H groups in total. The van der Waals surface area contributed by atoms with E-state index in [1.165, 1.54) is 30.4 Å². The van der Waals surface area contributed by atoms with Crippen molar-refractivity contribution >= 4 is 12.0 Å². The molecule has 0 fully saturated rings. The van der Waals surface area contributed by atoms with Crippen molar-refractivity contribution in [1.82, 2.24) is 4.90 Å². The molecular weight excluding hydrogens is 373 g/mol. The number of carbonyl (C=O) groups excluding carboxylic acids is 1. The lowest BCUT2D eigenvalue weighted by molar-refractivity contribution is -0.134. The first-order chi connectivity index (χ1) is 14.1. The lowest BCUT2D eigenvalue weighted by Crippen LogP contribution is -2.34. The number of para-hydroxylation sites is 1. The normalized spacial score (nSPS) is 15.7. The predicted octanol–water partition coefficient (Wildman–Crippen LogP) is 3.37. The molecule has 0 radical (unpaired) electrons. The molecule has 1 aliphatic carbocycles. The molecule has 0 aromatic heterocycles. The number of hydrogen-bond acceptors (Lipinski definition) is 5. The first-order valence-electron chi connectivity index (χ1n) is 9.73. The molecule has 29 heavy (non-hydrogen) atoms. The molecule has 1 atom stereocenters. The summed E-state index contributed by atoms with van der Waals surface area (Å²) in [4.78, 5) is 13.5. The van der Waals surface area contributed by atoms with Crippen LogP contribution in [0.5, 0.6) is 5.75 Å². The molecule has 0 bridgehead atoms. The highest BCUT2D eigenvalue weighted by Crippen LogP contribution is 2.36. The van der Waals surface area contributed by atoms with E-state index in [0.29, 0.717) is 19.7 Å². The molecule has 2 aromatic carbocycles. The highest BCUT2D eigenvalue weighted by atomic mass is 19.1. The van der Waals surface area contributed by atoms with Crippen molar-refractivity contribution < 1.29 is 23.8 Å². The van der Waals surface area contributed by atoms with Gasteiger partial charge in [0.05, 0.1) is 13.7 Å². The number of halogens is 1. The number of esters is 1. The molecule has 5 nitrogen and oxygen atoms in total. The van der Waals surface area contributed by atoms with Crippen LogP contribution in [-0.2, 0) is 16.0 Å². The second-order valence-electron chi connectivity index (χ2n) is 6.91. The fourth-order valence-corrected chi connectivity index (χ4v) is 3.72. The van der Waals surface area contributed by atoms with Crippen LogP contribution >= 0.6 is 0 Å². The second kappa shape index (κ2) is 10.2. The van der Waals surface area contributed by atoms with Crippen LogP contribution in [0.4, 0.5) is 4.39 Å². The highest BCUT2D eigenvalue weighted by molar-refractivity contribution is 5.86. The maximum absolute atomic E-state index is 13.7. The smallest absolute Gasteiger partial charge is 0.330 e. The Morgan fingerprint density at radius 2 is 2.10 bits per heavy atom. The van der Waals surface area contributed by atoms with E-state index in [0.717, 1.165) is 18.4 Å². The monoisotopic (exact) mass is 399 g/mol. The predicted molar refractivity (Wildman–Crippen MR) is 109 cm³/mol. The topological polar surface area (TPSA) is 59.0 Å². The number of rotatable bonds is 9. The van der Waals surface area contributed by atoms with Crippen LogP contribution in [0.1, 0.15) is 29.2 Å². The molecule has 6 heteroatoms. The SMILES string of the molecule is COC(=O)C=Cc1ccc2c(c1)CCC2N(CCO)CCOc1ccccc1F. The molecule has 0 heterocycles. The molecule has 0 amide bonds. The number of aliphatic hydroxyl groups is 1. The van der Waals surface area contributed by atoms with E-state index in [1.807, 2.05) is 6.07 Å². The minimum atomic E-state index is -0.382. The summed E-state index contributed by atoms with van der Waals surface area (Å²) >= 11 is 0. The van der Waals surface area contributed by atoms with Crippen LogP contribution in [0.2, 0.25) is 0 Å². The van der Waals surface area contributed by atoms with Gasteiger partial charge >= 0.3 is 5.97 Å². The van der Waals surface area contributed by atoms with Gasteiger partial charge in [0.15, 0.2) is 11.6 Å². The van der Waals surface area contributed by atoms with Gasteiger partial charge in [0.1, 0.15) is 6.61 Å². The van der Waals surface area contributed by atoms with Crippen molar-refractivity contribution in [3.8, 4) is 5.75 Å². The molecule has 0 aliphatic heterocycles. The van der Waals surface area contributed by atoms with Gasteiger partial charge in [0.2, 0.25) is 0 Å². The highest BCUT2D eigenvalue weighted by Gasteiger charge is 2.27. The number of aryl methyl sites for hydroxylation is 1. The number of nitrogens with zero attached hydrogens (tertiary/aromatic N) is 1. The molecule has 154 valence electrons. The molecule has 0 spiro atoms. The Morgan fingerprint density at radius 1 is 1.28 bits per heavy atom. The van der Waals surface area contributed by atoms with Gasteiger partial charge in [0, 0.05) is 25.2 Å². The number of benzene rings is 2. The Kier molecular flexibility index (Phi) is 7.38. The van der Waals surface area contributed by atoms with E-state index < -0.39 is 0 Å². The summed E-state index contributed by atoms with van der Waals surface area (Å²) < 4.78 is 23.9. The number of aliphatic hydroxyl groups excluding tert-OH is 1. The van der Waals surface area contributed by atoms with Crippen molar-refractivity contribution in [2.75, 3.05) is 33.4 Å². The number of ether oxygens (including phenoxy) is 2. The maximum Gasteiger partial charge on any atom is 0.330 e. The average molecular weight is 399 g/mol. The lowest BCUT2D eigenvalue weighted by atomic mass is 10.0. The standard InChI is InChI=1S/C23H26FNO4/c1-28-23(27)11-7-17-6-9-19-18(16-17)8-10-21(19)25(12-14-26)13-15-29-22-5-3-2-4-20(22)24/h2-7,9,11,16,21,26H,8,10,12-15H2,1H3. The van der Waals surface area contributed by atoms with Crippen molar-refractivity contribution in [2.24, 2.45) is 0 Å². The number of hydrogen-bond donors (Lipinski definition) is 1. The van der Waals surface area contributed by atoms with Gasteiger partial charge in [-0.2, -0.15) is 0 Å². The van der Waals surface area contributed by atoms with Crippen molar-refractivity contribution in [3.63, 3.8) is 0 Å². The third-order valence-corrected chi connectivity index (χ3v) is 5.13. The summed E-state index contributed by atoms with van der Waals surface area (Å²) in [5, 5.41) is 9.50. The Labute approximate surface area is 170 Å². The summed E-state index contributed by atoms with van der Waals surface area (Å²) in [5.41, 5.74) is 3.41. The lowest BCUT2D eigenvalue weighted by Gasteiger charge is -2.29. The van der Waals surface area contributed by atoms with E-state index in [9.17, 15) is 14.3 Å². The van der Waals surface area contributed by atoms with Gasteiger partial charge in [-0.05, 0) is 47.7 Å². The summed E-state index contributed by atoms with van der Waals surface area (Å²) in [6.07, 6.45) is 5.02. The zero-order valence-corrected chi connectivity index (χ0v) is 16.5. The molecule has 2 aromatic rings. The van der Waals surface area contributed by atoms with Gasteiger partial charge in [-0.25, -0.2) is 9.18 Å². The Hall–Kier alpha value is -2.70. The van der Waals surface area contributed by atoms with Crippen molar-refractivity contribution in [2.45, 2.75) is 18.9 Å². The fourth-order valence-electron chi connectivity index (χ4n) is 3.72. The van der Waals surface area contributed by atoms with Gasteiger partial charge in [0.25, 0.3) is 0 Å². The van der Waals surface area contributed by atoms with Gasteiger partial charge in [-0.3, -0.25) is 4.90 Å². The first kappa shape index (κ1) is 21.0. The zero-order chi connectivity index (χ0) is 20.6. The Morgan fingerprint density at radius 3 is 2.86 bits per heavy atom. The molecular formula is C23H26FNO4. The van der Waals surface area contributed by atoms with E-state index in [1.54, 1.807) is 24.3 Å². The van der Waals surface area contributed by atoms with Crippen LogP contribution in [0.25, 0.3) is 6.08 Å². The summed E-state index contributed by atoms with van der Waals surface area (Å²) in [7, 11) is 1.35. The summed E-state index contributed by atoms with van der Waals surface area (Å²) in [5.74, 6) is -0.516. The van der Waals surface area contributed by atoms with Crippen LogP contribution in [0.15, 0.2) is 48.5 Å². The zero-order valence-electron chi connectivity index (χ0n) is 16.5. The van der Waals surface area contributed by atoms with Gasteiger partial charge < -0.3 is 14.6 Å². The molecule has 0 saturated heterocycles. The Bertz CT molecular complexity index is 868. The van der Waals surface area contributed by atoms with Crippen LogP contribution in [0, 0.1) is 5.82 Å². The van der Waals surface area contributed by atoms with E-state index in [4.69, 9.17) is 4.74 Å². The van der Waals surface area contributed by atoms with E-state index in [-0.39, 0.29) is 30.2 Å². The number of methoxy groups -OCH3 is 1. The molecule has 3 rings (SSSR count). The minimum Gasteiger partial charge on any atom is -0.489 e. The van der Waals surface area contributed by atoms with Gasteiger partial charge in [-0.15, -0.1) is 0 Å². The largest absolute Gasteiger partial charge is 0.489 e. The Balaban J connectivity index is 1.66. The molecule has 1 aliphatic rings. The summed E-state index contributed by atoms with van der Waals surface area (Å²) in [6.45, 7) is 1.50. The number of fused-ring (bicyclic) bond motifs is 1. The van der Waals surface area contributed by atoms with Crippen LogP contribution < -0.4 is 4.74 Å². The quantitative estimate of drug-likeness (QED) is 0.518. The fraction of sp³-hybridized carbons (Fsp3) is 0.348. The van der Waals surface area contributed by atoms with Crippen molar-refractivity contribution in [3.05, 3.63) is 71.0 Å². The van der Waals surface area contributed by atoms with Crippen LogP contribution in [0.3, 0.4) is 0 Å². The molecule has 1 unspecified atom stereocenters. The van der Waals surface area contributed by atoms with Gasteiger partial charge in [-0.1, -0.05) is 30.3 Å².